The Morgan fingerprint density at radius 1 is 1.10 bits per heavy atom. The summed E-state index contributed by atoms with van der Waals surface area (Å²) in [6, 6.07) is 6.31. The fraction of sp³-hybridized carbons (Fsp3) is 0.429. The number of hydrogen-bond acceptors (Lipinski definition) is 5. The number of nitrogens with one attached hydrogen (secondary N) is 3. The molecular weight excluding hydrogens is 570 g/mol. The summed E-state index contributed by atoms with van der Waals surface area (Å²) in [4.78, 5) is 52.7. The largest absolute Gasteiger partial charge is 0.476 e. The Hall–Kier alpha value is -3.67. The molecule has 3 rings (SSSR count). The van der Waals surface area contributed by atoms with E-state index in [9.17, 15) is 36.7 Å². The summed E-state index contributed by atoms with van der Waals surface area (Å²) >= 11 is 6.01. The lowest BCUT2D eigenvalue weighted by Gasteiger charge is -2.37. The molecule has 0 aromatic heterocycles. The highest BCUT2D eigenvalue weighted by molar-refractivity contribution is 6.30. The highest BCUT2D eigenvalue weighted by Gasteiger charge is 2.48. The van der Waals surface area contributed by atoms with Crippen molar-refractivity contribution in [2.24, 2.45) is 5.92 Å². The molecule has 1 heterocycles. The van der Waals surface area contributed by atoms with Gasteiger partial charge in [0.15, 0.2) is 29.2 Å². The lowest BCUT2D eigenvalue weighted by molar-refractivity contribution is -0.143. The van der Waals surface area contributed by atoms with Crippen LogP contribution < -0.4 is 20.7 Å². The molecule has 1 fully saturated rings. The Labute approximate surface area is 239 Å². The zero-order chi connectivity index (χ0) is 30.3. The van der Waals surface area contributed by atoms with Crippen LogP contribution >= 0.6 is 11.6 Å². The molecule has 2 aromatic carbocycles. The SMILES string of the molecule is CCCCC(=O)N[C@@](C[C@@H]1CCNC1=O)(NC(=O)Cc1cccc(Cl)c1)C(=O)[C@H](C)Oc1c(F)c(F)cc(F)c1F. The summed E-state index contributed by atoms with van der Waals surface area (Å²) in [6.45, 7) is 3.15. The zero-order valence-corrected chi connectivity index (χ0v) is 23.2. The standard InChI is InChI=1S/C28H30ClF4N3O5/c1-3-4-8-21(37)35-28(14-17-9-10-34-27(17)40,36-22(38)12-16-6-5-7-18(29)11-16)26(39)15(2)41-25-23(32)19(30)13-20(31)24(25)33/h5-7,11,13,15,17H,3-4,8-10,12,14H2,1-2H3,(H,34,40)(H,35,37)(H,36,38)/t15-,17-,28-/m0/s1. The van der Waals surface area contributed by atoms with Gasteiger partial charge in [-0.1, -0.05) is 37.1 Å². The summed E-state index contributed by atoms with van der Waals surface area (Å²) < 4.78 is 61.4. The van der Waals surface area contributed by atoms with Crippen LogP contribution in [0.5, 0.6) is 5.75 Å². The van der Waals surface area contributed by atoms with Crippen LogP contribution in [0.4, 0.5) is 17.6 Å². The van der Waals surface area contributed by atoms with E-state index in [1.807, 2.05) is 6.92 Å². The number of rotatable bonds is 13. The zero-order valence-electron chi connectivity index (χ0n) is 22.4. The summed E-state index contributed by atoms with van der Waals surface area (Å²) in [5.41, 5.74) is -1.82. The van der Waals surface area contributed by atoms with Gasteiger partial charge in [-0.15, -0.1) is 0 Å². The van der Waals surface area contributed by atoms with E-state index in [2.05, 4.69) is 16.0 Å². The Bertz CT molecular complexity index is 1300. The highest BCUT2D eigenvalue weighted by atomic mass is 35.5. The molecule has 0 aliphatic carbocycles. The first kappa shape index (κ1) is 31.9. The van der Waals surface area contributed by atoms with Crippen LogP contribution in [0.2, 0.25) is 5.02 Å². The van der Waals surface area contributed by atoms with E-state index < -0.39 is 76.6 Å². The minimum Gasteiger partial charge on any atom is -0.476 e. The van der Waals surface area contributed by atoms with Gasteiger partial charge < -0.3 is 20.7 Å². The van der Waals surface area contributed by atoms with Crippen molar-refractivity contribution in [1.82, 2.24) is 16.0 Å². The molecule has 8 nitrogen and oxygen atoms in total. The normalized spacial score (nSPS) is 16.9. The average Bonchev–Trinajstić information content (AvgIpc) is 3.31. The van der Waals surface area contributed by atoms with Gasteiger partial charge in [-0.3, -0.25) is 19.2 Å². The maximum atomic E-state index is 14.4. The third-order valence-electron chi connectivity index (χ3n) is 6.59. The van der Waals surface area contributed by atoms with Crippen LogP contribution in [0.1, 0.15) is 51.5 Å². The summed E-state index contributed by atoms with van der Waals surface area (Å²) in [5, 5.41) is 7.99. The van der Waals surface area contributed by atoms with Gasteiger partial charge in [0.1, 0.15) is 0 Å². The van der Waals surface area contributed by atoms with Crippen molar-refractivity contribution in [2.45, 2.75) is 64.1 Å². The molecule has 0 unspecified atom stereocenters. The van der Waals surface area contributed by atoms with Crippen LogP contribution in [0.15, 0.2) is 30.3 Å². The second kappa shape index (κ2) is 13.8. The molecule has 0 radical (unpaired) electrons. The summed E-state index contributed by atoms with van der Waals surface area (Å²) in [5.74, 6) is -12.5. The molecule has 2 aromatic rings. The van der Waals surface area contributed by atoms with Gasteiger partial charge in [0.05, 0.1) is 6.42 Å². The lowest BCUT2D eigenvalue weighted by Crippen LogP contribution is -2.69. The average molecular weight is 600 g/mol. The molecular formula is C28H30ClF4N3O5. The third-order valence-corrected chi connectivity index (χ3v) is 6.82. The van der Waals surface area contributed by atoms with Crippen LogP contribution in [-0.4, -0.2) is 41.8 Å². The van der Waals surface area contributed by atoms with Gasteiger partial charge in [-0.05, 0) is 37.5 Å². The monoisotopic (exact) mass is 599 g/mol. The van der Waals surface area contributed by atoms with Crippen molar-refractivity contribution in [1.29, 1.82) is 0 Å². The van der Waals surface area contributed by atoms with Crippen LogP contribution in [-0.2, 0) is 25.6 Å². The first-order valence-electron chi connectivity index (χ1n) is 13.0. The van der Waals surface area contributed by atoms with Gasteiger partial charge in [0.2, 0.25) is 35.1 Å². The molecule has 3 amide bonds. The summed E-state index contributed by atoms with van der Waals surface area (Å²) in [6.07, 6.45) is -1.29. The minimum atomic E-state index is -2.29. The van der Waals surface area contributed by atoms with E-state index in [4.69, 9.17) is 16.3 Å². The Morgan fingerprint density at radius 3 is 2.34 bits per heavy atom. The molecule has 1 aliphatic rings. The van der Waals surface area contributed by atoms with Crippen molar-refractivity contribution in [2.75, 3.05) is 6.54 Å². The van der Waals surface area contributed by atoms with E-state index in [0.717, 1.165) is 6.92 Å². The predicted molar refractivity (Wildman–Crippen MR) is 141 cm³/mol. The number of carbonyl (C=O) groups is 4. The molecule has 3 N–H and O–H groups in total. The Morgan fingerprint density at radius 2 is 1.76 bits per heavy atom. The second-order valence-corrected chi connectivity index (χ2v) is 10.3. The molecule has 222 valence electrons. The van der Waals surface area contributed by atoms with Gasteiger partial charge in [0, 0.05) is 36.4 Å². The maximum absolute atomic E-state index is 14.4. The van der Waals surface area contributed by atoms with E-state index in [0.29, 0.717) is 23.4 Å². The topological polar surface area (TPSA) is 114 Å². The van der Waals surface area contributed by atoms with E-state index in [1.54, 1.807) is 18.2 Å². The number of Topliss-reactive ketones (excluding diaryl/α,β-unsaturated/α-hetero) is 1. The molecule has 41 heavy (non-hydrogen) atoms. The number of halogens is 5. The summed E-state index contributed by atoms with van der Waals surface area (Å²) in [7, 11) is 0. The van der Waals surface area contributed by atoms with Crippen LogP contribution in [0.3, 0.4) is 0 Å². The van der Waals surface area contributed by atoms with Crippen molar-refractivity contribution in [3.05, 3.63) is 64.2 Å². The second-order valence-electron chi connectivity index (χ2n) is 9.81. The van der Waals surface area contributed by atoms with Crippen molar-refractivity contribution in [3.8, 4) is 5.75 Å². The van der Waals surface area contributed by atoms with Gasteiger partial charge in [-0.2, -0.15) is 8.78 Å². The van der Waals surface area contributed by atoms with Crippen molar-refractivity contribution < 1.29 is 41.5 Å². The maximum Gasteiger partial charge on any atom is 0.226 e. The van der Waals surface area contributed by atoms with Gasteiger partial charge >= 0.3 is 0 Å². The fourth-order valence-corrected chi connectivity index (χ4v) is 4.76. The molecule has 1 aliphatic heterocycles. The third kappa shape index (κ3) is 7.96. The van der Waals surface area contributed by atoms with Crippen molar-refractivity contribution in [3.63, 3.8) is 0 Å². The number of hydrogen-bond donors (Lipinski definition) is 3. The number of benzene rings is 2. The smallest absolute Gasteiger partial charge is 0.226 e. The molecule has 1 saturated heterocycles. The lowest BCUT2D eigenvalue weighted by atomic mass is 9.87. The fourth-order valence-electron chi connectivity index (χ4n) is 4.55. The van der Waals surface area contributed by atoms with Gasteiger partial charge in [-0.25, -0.2) is 8.78 Å². The van der Waals surface area contributed by atoms with Gasteiger partial charge in [0.25, 0.3) is 0 Å². The van der Waals surface area contributed by atoms with Crippen LogP contribution in [0.25, 0.3) is 0 Å². The molecule has 0 spiro atoms. The number of ketones is 1. The molecule has 0 saturated carbocycles. The van der Waals surface area contributed by atoms with E-state index >= 15 is 0 Å². The van der Waals surface area contributed by atoms with E-state index in [-0.39, 0.29) is 31.9 Å². The number of amides is 3. The number of carbonyl (C=O) groups excluding carboxylic acids is 4. The quantitative estimate of drug-likeness (QED) is 0.182. The first-order valence-corrected chi connectivity index (χ1v) is 13.4. The minimum absolute atomic E-state index is 0.0168. The Kier molecular flexibility index (Phi) is 10.7. The number of ether oxygens (including phenoxy) is 1. The highest BCUT2D eigenvalue weighted by Crippen LogP contribution is 2.30. The van der Waals surface area contributed by atoms with Crippen LogP contribution in [0, 0.1) is 29.2 Å². The molecule has 3 atom stereocenters. The number of unbranched alkanes of at least 4 members (excludes halogenated alkanes) is 1. The van der Waals surface area contributed by atoms with E-state index in [1.165, 1.54) is 6.07 Å². The first-order chi connectivity index (χ1) is 19.4. The molecule has 13 heteroatoms. The Balaban J connectivity index is 2.02. The molecule has 0 bridgehead atoms. The van der Waals surface area contributed by atoms with Crippen molar-refractivity contribution >= 4 is 35.1 Å². The predicted octanol–water partition coefficient (Wildman–Crippen LogP) is 4.12.